The summed E-state index contributed by atoms with van der Waals surface area (Å²) in [5, 5.41) is 9.73. The third-order valence-corrected chi connectivity index (χ3v) is 6.69. The molecule has 7 nitrogen and oxygen atoms in total. The number of halogens is 1. The molecule has 0 spiro atoms. The van der Waals surface area contributed by atoms with Crippen LogP contribution in [0.2, 0.25) is 5.02 Å². The minimum atomic E-state index is -4.09. The van der Waals surface area contributed by atoms with Crippen molar-refractivity contribution in [2.24, 2.45) is 5.92 Å². The smallest absolute Gasteiger partial charge is 0.262 e. The van der Waals surface area contributed by atoms with Gasteiger partial charge in [-0.05, 0) is 54.3 Å². The van der Waals surface area contributed by atoms with Crippen molar-refractivity contribution in [3.63, 3.8) is 0 Å². The van der Waals surface area contributed by atoms with E-state index in [-0.39, 0.29) is 11.4 Å². The first-order valence-electron chi connectivity index (χ1n) is 9.74. The van der Waals surface area contributed by atoms with Crippen molar-refractivity contribution in [3.05, 3.63) is 71.8 Å². The maximum absolute atomic E-state index is 13.5. The molecule has 2 N–H and O–H groups in total. The van der Waals surface area contributed by atoms with Crippen molar-refractivity contribution < 1.29 is 23.2 Å². The summed E-state index contributed by atoms with van der Waals surface area (Å²) in [6.07, 6.45) is 2.40. The zero-order valence-electron chi connectivity index (χ0n) is 17.5. The van der Waals surface area contributed by atoms with Crippen molar-refractivity contribution in [1.29, 1.82) is 0 Å². The third kappa shape index (κ3) is 6.54. The number of nitrogens with one attached hydrogen (secondary N) is 1. The molecule has 0 heterocycles. The molecule has 0 aliphatic carbocycles. The molecule has 1 amide bonds. The van der Waals surface area contributed by atoms with Gasteiger partial charge in [-0.1, -0.05) is 43.7 Å². The standard InChI is InChI=1S/C22H27ClN2O5S/c1-4-5-14-30-19-10-12-20(13-11-19)31(28,29)25(21(16(2)3)22(26)24-27)15-17-6-8-18(23)9-7-17/h4,6-13,16,21,27H,1,5,14-15H2,2-3H3,(H,24,26)/t21-/m1/s1. The quantitative estimate of drug-likeness (QED) is 0.226. The van der Waals surface area contributed by atoms with Crippen LogP contribution in [0.4, 0.5) is 0 Å². The highest BCUT2D eigenvalue weighted by molar-refractivity contribution is 7.89. The number of hydroxylamine groups is 1. The fourth-order valence-corrected chi connectivity index (χ4v) is 4.87. The number of hydrogen-bond acceptors (Lipinski definition) is 5. The summed E-state index contributed by atoms with van der Waals surface area (Å²) in [4.78, 5) is 12.4. The topological polar surface area (TPSA) is 95.9 Å². The van der Waals surface area contributed by atoms with E-state index >= 15 is 0 Å². The number of hydrogen-bond donors (Lipinski definition) is 2. The fourth-order valence-electron chi connectivity index (χ4n) is 3.04. The molecule has 0 fully saturated rings. The molecule has 9 heteroatoms. The van der Waals surface area contributed by atoms with E-state index in [0.717, 1.165) is 4.31 Å². The third-order valence-electron chi connectivity index (χ3n) is 4.59. The van der Waals surface area contributed by atoms with Gasteiger partial charge in [0.05, 0.1) is 11.5 Å². The van der Waals surface area contributed by atoms with Crippen LogP contribution >= 0.6 is 11.6 Å². The summed E-state index contributed by atoms with van der Waals surface area (Å²) in [7, 11) is -4.09. The lowest BCUT2D eigenvalue weighted by atomic mass is 10.0. The molecule has 0 saturated heterocycles. The molecule has 2 aromatic carbocycles. The molecule has 0 unspecified atom stereocenters. The maximum atomic E-state index is 13.5. The van der Waals surface area contributed by atoms with Gasteiger partial charge in [0, 0.05) is 11.6 Å². The van der Waals surface area contributed by atoms with E-state index in [1.54, 1.807) is 61.8 Å². The molecule has 0 radical (unpaired) electrons. The molecule has 0 bridgehead atoms. The van der Waals surface area contributed by atoms with Gasteiger partial charge in [0.25, 0.3) is 5.91 Å². The normalized spacial score (nSPS) is 12.6. The van der Waals surface area contributed by atoms with Crippen LogP contribution in [-0.2, 0) is 21.4 Å². The summed E-state index contributed by atoms with van der Waals surface area (Å²) >= 11 is 5.93. The highest BCUT2D eigenvalue weighted by atomic mass is 35.5. The number of sulfonamides is 1. The van der Waals surface area contributed by atoms with Gasteiger partial charge in [-0.3, -0.25) is 10.0 Å². The van der Waals surface area contributed by atoms with E-state index in [9.17, 15) is 18.4 Å². The minimum Gasteiger partial charge on any atom is -0.493 e. The molecule has 0 aliphatic rings. The molecular formula is C22H27ClN2O5S. The van der Waals surface area contributed by atoms with Crippen molar-refractivity contribution in [1.82, 2.24) is 9.79 Å². The van der Waals surface area contributed by atoms with Crippen LogP contribution in [0, 0.1) is 5.92 Å². The number of nitrogens with zero attached hydrogens (tertiary/aromatic N) is 1. The van der Waals surface area contributed by atoms with Gasteiger partial charge in [-0.25, -0.2) is 13.9 Å². The number of carbonyl (C=O) groups is 1. The summed E-state index contributed by atoms with van der Waals surface area (Å²) in [6.45, 7) is 7.40. The Balaban J connectivity index is 2.43. The maximum Gasteiger partial charge on any atom is 0.262 e. The van der Waals surface area contributed by atoms with Gasteiger partial charge in [0.15, 0.2) is 0 Å². The number of ether oxygens (including phenoxy) is 1. The van der Waals surface area contributed by atoms with Crippen LogP contribution in [0.15, 0.2) is 66.1 Å². The van der Waals surface area contributed by atoms with E-state index in [2.05, 4.69) is 6.58 Å². The average molecular weight is 467 g/mol. The average Bonchev–Trinajstić information content (AvgIpc) is 2.74. The Hall–Kier alpha value is -2.39. The van der Waals surface area contributed by atoms with Crippen LogP contribution in [0.1, 0.15) is 25.8 Å². The van der Waals surface area contributed by atoms with Gasteiger partial charge < -0.3 is 4.74 Å². The molecule has 168 valence electrons. The highest BCUT2D eigenvalue weighted by Gasteiger charge is 2.38. The fraction of sp³-hybridized carbons (Fsp3) is 0.318. The summed E-state index contributed by atoms with van der Waals surface area (Å²) in [5.74, 6) is -0.689. The summed E-state index contributed by atoms with van der Waals surface area (Å²) < 4.78 is 33.7. The summed E-state index contributed by atoms with van der Waals surface area (Å²) in [5.41, 5.74) is 2.24. The second kappa shape index (κ2) is 11.3. The lowest BCUT2D eigenvalue weighted by Gasteiger charge is -2.32. The van der Waals surface area contributed by atoms with Gasteiger partial charge >= 0.3 is 0 Å². The van der Waals surface area contributed by atoms with E-state index in [1.165, 1.54) is 12.1 Å². The van der Waals surface area contributed by atoms with E-state index in [4.69, 9.17) is 16.3 Å². The Bertz CT molecular complexity index is 976. The second-order valence-corrected chi connectivity index (χ2v) is 9.57. The minimum absolute atomic E-state index is 0.00826. The SMILES string of the molecule is C=CCCOc1ccc(S(=O)(=O)N(Cc2ccc(Cl)cc2)[C@@H](C(=O)NO)C(C)C)cc1. The molecule has 0 aliphatic heterocycles. The first-order chi connectivity index (χ1) is 14.7. The van der Waals surface area contributed by atoms with Crippen LogP contribution in [-0.4, -0.2) is 36.5 Å². The van der Waals surface area contributed by atoms with Crippen LogP contribution < -0.4 is 10.2 Å². The van der Waals surface area contributed by atoms with Crippen molar-refractivity contribution in [2.45, 2.75) is 37.8 Å². The molecule has 2 aromatic rings. The zero-order valence-corrected chi connectivity index (χ0v) is 19.1. The van der Waals surface area contributed by atoms with Crippen LogP contribution in [0.25, 0.3) is 0 Å². The van der Waals surface area contributed by atoms with Crippen LogP contribution in [0.3, 0.4) is 0 Å². The largest absolute Gasteiger partial charge is 0.493 e. The molecule has 1 atom stereocenters. The highest BCUT2D eigenvalue weighted by Crippen LogP contribution is 2.27. The molecular weight excluding hydrogens is 440 g/mol. The van der Waals surface area contributed by atoms with Crippen LogP contribution in [0.5, 0.6) is 5.75 Å². The second-order valence-electron chi connectivity index (χ2n) is 7.24. The lowest BCUT2D eigenvalue weighted by molar-refractivity contribution is -0.134. The number of carbonyl (C=O) groups excluding carboxylic acids is 1. The number of amides is 1. The van der Waals surface area contributed by atoms with Crippen molar-refractivity contribution in [2.75, 3.05) is 6.61 Å². The molecule has 0 aromatic heterocycles. The van der Waals surface area contributed by atoms with Crippen molar-refractivity contribution >= 4 is 27.5 Å². The predicted octanol–water partition coefficient (Wildman–Crippen LogP) is 4.02. The van der Waals surface area contributed by atoms with E-state index < -0.39 is 27.9 Å². The molecule has 2 rings (SSSR count). The van der Waals surface area contributed by atoms with Gasteiger partial charge in [0.2, 0.25) is 10.0 Å². The van der Waals surface area contributed by atoms with E-state index in [0.29, 0.717) is 29.4 Å². The van der Waals surface area contributed by atoms with Crippen molar-refractivity contribution in [3.8, 4) is 5.75 Å². The summed E-state index contributed by atoms with van der Waals surface area (Å²) in [6, 6.07) is 11.5. The van der Waals surface area contributed by atoms with Gasteiger partial charge in [-0.15, -0.1) is 6.58 Å². The van der Waals surface area contributed by atoms with E-state index in [1.807, 2.05) is 0 Å². The Kier molecular flexibility index (Phi) is 9.06. The lowest BCUT2D eigenvalue weighted by Crippen LogP contribution is -2.51. The monoisotopic (exact) mass is 466 g/mol. The number of rotatable bonds is 11. The van der Waals surface area contributed by atoms with Gasteiger partial charge in [-0.2, -0.15) is 4.31 Å². The predicted molar refractivity (Wildman–Crippen MR) is 119 cm³/mol. The first kappa shape index (κ1) is 24.9. The Labute approximate surface area is 188 Å². The number of benzene rings is 2. The Morgan fingerprint density at radius 1 is 1.19 bits per heavy atom. The molecule has 0 saturated carbocycles. The Morgan fingerprint density at radius 3 is 2.32 bits per heavy atom. The zero-order chi connectivity index (χ0) is 23.0. The Morgan fingerprint density at radius 2 is 1.81 bits per heavy atom. The van der Waals surface area contributed by atoms with Gasteiger partial charge in [0.1, 0.15) is 11.8 Å². The first-order valence-corrected chi connectivity index (χ1v) is 11.6. The molecule has 31 heavy (non-hydrogen) atoms.